The fourth-order valence-electron chi connectivity index (χ4n) is 2.58. The molecule has 4 nitrogen and oxygen atoms in total. The molecule has 134 valence electrons. The van der Waals surface area contributed by atoms with Gasteiger partial charge in [0.1, 0.15) is 0 Å². The summed E-state index contributed by atoms with van der Waals surface area (Å²) in [6.07, 6.45) is 6.22. The van der Waals surface area contributed by atoms with Crippen LogP contribution in [-0.2, 0) is 4.79 Å². The molecule has 0 bridgehead atoms. The first-order valence-electron chi connectivity index (χ1n) is 9.06. The van der Waals surface area contributed by atoms with Crippen molar-refractivity contribution in [3.63, 3.8) is 0 Å². The van der Waals surface area contributed by atoms with Crippen molar-refractivity contribution in [3.8, 4) is 0 Å². The van der Waals surface area contributed by atoms with Crippen LogP contribution < -0.4 is 15.5 Å². The molecular formula is C19H31N3OS. The third-order valence-corrected chi connectivity index (χ3v) is 4.22. The van der Waals surface area contributed by atoms with Gasteiger partial charge in [-0.05, 0) is 56.8 Å². The summed E-state index contributed by atoms with van der Waals surface area (Å²) < 4.78 is 0. The van der Waals surface area contributed by atoms with Gasteiger partial charge in [0, 0.05) is 30.9 Å². The first-order chi connectivity index (χ1) is 11.6. The van der Waals surface area contributed by atoms with Crippen LogP contribution in [0.15, 0.2) is 24.3 Å². The maximum Gasteiger partial charge on any atom is 0.226 e. The molecule has 0 saturated heterocycles. The Bertz CT molecular complexity index is 498. The van der Waals surface area contributed by atoms with E-state index in [9.17, 15) is 4.79 Å². The monoisotopic (exact) mass is 349 g/mol. The maximum atomic E-state index is 11.9. The van der Waals surface area contributed by atoms with E-state index < -0.39 is 0 Å². The highest BCUT2D eigenvalue weighted by Crippen LogP contribution is 2.17. The van der Waals surface area contributed by atoms with Crippen LogP contribution in [0.2, 0.25) is 0 Å². The number of benzene rings is 1. The Hall–Kier alpha value is -1.62. The van der Waals surface area contributed by atoms with Gasteiger partial charge in [0.05, 0.1) is 0 Å². The fraction of sp³-hybridized carbons (Fsp3) is 0.579. The van der Waals surface area contributed by atoms with E-state index in [1.807, 2.05) is 12.1 Å². The van der Waals surface area contributed by atoms with E-state index in [4.69, 9.17) is 12.2 Å². The zero-order valence-corrected chi connectivity index (χ0v) is 16.0. The number of nitrogens with zero attached hydrogens (tertiary/aromatic N) is 1. The number of hydrogen-bond acceptors (Lipinski definition) is 3. The van der Waals surface area contributed by atoms with Crippen LogP contribution in [-0.4, -0.2) is 24.1 Å². The van der Waals surface area contributed by atoms with Gasteiger partial charge >= 0.3 is 0 Å². The van der Waals surface area contributed by atoms with Gasteiger partial charge in [0.2, 0.25) is 5.91 Å². The number of nitrogens with one attached hydrogen (secondary N) is 2. The molecule has 1 amide bonds. The lowest BCUT2D eigenvalue weighted by molar-refractivity contribution is -0.119. The number of carbonyl (C=O) groups excluding carboxylic acids is 1. The fourth-order valence-corrected chi connectivity index (χ4v) is 2.82. The Morgan fingerprint density at radius 1 is 1.00 bits per heavy atom. The van der Waals surface area contributed by atoms with Crippen LogP contribution in [0, 0.1) is 0 Å². The molecule has 0 spiro atoms. The summed E-state index contributed by atoms with van der Waals surface area (Å²) in [5.74, 6) is -0.0104. The van der Waals surface area contributed by atoms with Crippen LogP contribution in [0.4, 0.5) is 11.4 Å². The average molecular weight is 350 g/mol. The molecule has 5 heteroatoms. The minimum Gasteiger partial charge on any atom is -0.372 e. The van der Waals surface area contributed by atoms with Crippen LogP contribution in [0.1, 0.15) is 59.3 Å². The average Bonchev–Trinajstić information content (AvgIpc) is 2.57. The molecule has 0 aliphatic rings. The molecule has 0 heterocycles. The third kappa shape index (κ3) is 7.77. The molecular weight excluding hydrogens is 318 g/mol. The third-order valence-electron chi connectivity index (χ3n) is 4.01. The van der Waals surface area contributed by atoms with Gasteiger partial charge in [-0.3, -0.25) is 4.79 Å². The lowest BCUT2D eigenvalue weighted by atomic mass is 10.1. The van der Waals surface area contributed by atoms with Crippen LogP contribution in [0.5, 0.6) is 0 Å². The second kappa shape index (κ2) is 11.8. The van der Waals surface area contributed by atoms with Crippen molar-refractivity contribution in [1.29, 1.82) is 0 Å². The number of anilines is 2. The summed E-state index contributed by atoms with van der Waals surface area (Å²) >= 11 is 5.21. The highest BCUT2D eigenvalue weighted by molar-refractivity contribution is 7.80. The van der Waals surface area contributed by atoms with E-state index in [0.717, 1.165) is 31.6 Å². The number of carbonyl (C=O) groups is 1. The smallest absolute Gasteiger partial charge is 0.226 e. The van der Waals surface area contributed by atoms with Gasteiger partial charge in [-0.1, -0.05) is 32.6 Å². The molecule has 0 unspecified atom stereocenters. The summed E-state index contributed by atoms with van der Waals surface area (Å²) in [4.78, 5) is 14.1. The second-order valence-corrected chi connectivity index (χ2v) is 6.29. The Morgan fingerprint density at radius 2 is 1.62 bits per heavy atom. The molecule has 1 aromatic rings. The van der Waals surface area contributed by atoms with E-state index in [-0.39, 0.29) is 5.91 Å². The highest BCUT2D eigenvalue weighted by Gasteiger charge is 2.06. The van der Waals surface area contributed by atoms with Gasteiger partial charge in [0.25, 0.3) is 0 Å². The first kappa shape index (κ1) is 20.4. The summed E-state index contributed by atoms with van der Waals surface area (Å²) in [7, 11) is 0. The molecule has 2 N–H and O–H groups in total. The Labute approximate surface area is 152 Å². The van der Waals surface area contributed by atoms with E-state index in [1.54, 1.807) is 0 Å². The second-order valence-electron chi connectivity index (χ2n) is 5.89. The molecule has 0 aromatic heterocycles. The molecule has 1 rings (SSSR count). The van der Waals surface area contributed by atoms with Gasteiger partial charge in [0.15, 0.2) is 5.11 Å². The van der Waals surface area contributed by atoms with E-state index in [0.29, 0.717) is 11.5 Å². The molecule has 0 saturated carbocycles. The van der Waals surface area contributed by atoms with Crippen molar-refractivity contribution in [3.05, 3.63) is 24.3 Å². The normalized spacial score (nSPS) is 10.3. The van der Waals surface area contributed by atoms with Crippen molar-refractivity contribution in [1.82, 2.24) is 5.32 Å². The van der Waals surface area contributed by atoms with Gasteiger partial charge < -0.3 is 15.5 Å². The largest absolute Gasteiger partial charge is 0.372 e. The molecule has 0 aliphatic carbocycles. The van der Waals surface area contributed by atoms with E-state index in [2.05, 4.69) is 48.4 Å². The predicted molar refractivity (Wildman–Crippen MR) is 108 cm³/mol. The number of hydrogen-bond donors (Lipinski definition) is 2. The van der Waals surface area contributed by atoms with Crippen LogP contribution in [0.25, 0.3) is 0 Å². The van der Waals surface area contributed by atoms with E-state index in [1.165, 1.54) is 24.9 Å². The van der Waals surface area contributed by atoms with Gasteiger partial charge in [-0.2, -0.15) is 0 Å². The number of amides is 1. The zero-order chi connectivity index (χ0) is 17.8. The molecule has 1 aromatic carbocycles. The minimum atomic E-state index is -0.0104. The van der Waals surface area contributed by atoms with Gasteiger partial charge in [-0.15, -0.1) is 0 Å². The number of thiocarbonyl (C=S) groups is 1. The summed E-state index contributed by atoms with van der Waals surface area (Å²) in [6.45, 7) is 8.43. The lowest BCUT2D eigenvalue weighted by Gasteiger charge is -2.21. The topological polar surface area (TPSA) is 44.4 Å². The predicted octanol–water partition coefficient (Wildman–Crippen LogP) is 4.71. The van der Waals surface area contributed by atoms with Crippen LogP contribution >= 0.6 is 12.2 Å². The molecule has 24 heavy (non-hydrogen) atoms. The highest BCUT2D eigenvalue weighted by atomic mass is 32.1. The quantitative estimate of drug-likeness (QED) is 0.474. The molecule has 0 radical (unpaired) electrons. The van der Waals surface area contributed by atoms with Crippen LogP contribution in [0.3, 0.4) is 0 Å². The SMILES string of the molecule is CCCCCCCC(=O)NC(=S)Nc1ccc(N(CC)CC)cc1. The summed E-state index contributed by atoms with van der Waals surface area (Å²) in [6, 6.07) is 8.09. The van der Waals surface area contributed by atoms with Crippen molar-refractivity contribution >= 4 is 34.6 Å². The Balaban J connectivity index is 2.35. The molecule has 0 aliphatic heterocycles. The van der Waals surface area contributed by atoms with Crippen molar-refractivity contribution < 1.29 is 4.79 Å². The van der Waals surface area contributed by atoms with Gasteiger partial charge in [-0.25, -0.2) is 0 Å². The van der Waals surface area contributed by atoms with Crippen molar-refractivity contribution in [2.24, 2.45) is 0 Å². The minimum absolute atomic E-state index is 0.0104. The Morgan fingerprint density at radius 3 is 2.21 bits per heavy atom. The maximum absolute atomic E-state index is 11.9. The van der Waals surface area contributed by atoms with Crippen molar-refractivity contribution in [2.75, 3.05) is 23.3 Å². The number of unbranched alkanes of at least 4 members (excludes halogenated alkanes) is 4. The summed E-state index contributed by atoms with van der Waals surface area (Å²) in [5.41, 5.74) is 2.08. The number of rotatable bonds is 10. The Kier molecular flexibility index (Phi) is 10.1. The standard InChI is InChI=1S/C19H31N3OS/c1-4-7-8-9-10-11-18(23)21-19(24)20-16-12-14-17(15-13-16)22(5-2)6-3/h12-15H,4-11H2,1-3H3,(H2,20,21,23,24). The van der Waals surface area contributed by atoms with Crippen molar-refractivity contribution in [2.45, 2.75) is 59.3 Å². The molecule has 0 atom stereocenters. The molecule has 0 fully saturated rings. The summed E-state index contributed by atoms with van der Waals surface area (Å²) in [5, 5.41) is 6.18. The van der Waals surface area contributed by atoms with E-state index >= 15 is 0 Å². The lowest BCUT2D eigenvalue weighted by Crippen LogP contribution is -2.33. The zero-order valence-electron chi connectivity index (χ0n) is 15.2. The first-order valence-corrected chi connectivity index (χ1v) is 9.47.